The van der Waals surface area contributed by atoms with Crippen LogP contribution in [0.15, 0.2) is 18.2 Å². The Hall–Kier alpha value is -1.84. The Morgan fingerprint density at radius 1 is 1.31 bits per heavy atom. The van der Waals surface area contributed by atoms with Gasteiger partial charge in [0.1, 0.15) is 5.82 Å². The number of hydrogen-bond acceptors (Lipinski definition) is 3. The van der Waals surface area contributed by atoms with Gasteiger partial charge in [0.05, 0.1) is 0 Å². The minimum Gasteiger partial charge on any atom is -0.398 e. The molecule has 2 aromatic rings. The molecule has 0 saturated heterocycles. The Labute approximate surface area is 94.9 Å². The normalized spacial score (nSPS) is 11.0. The van der Waals surface area contributed by atoms with Crippen LogP contribution < -0.4 is 5.73 Å². The number of hydrogen-bond donors (Lipinski definition) is 2. The summed E-state index contributed by atoms with van der Waals surface area (Å²) in [6.45, 7) is 6.13. The molecule has 1 heterocycles. The van der Waals surface area contributed by atoms with E-state index in [2.05, 4.69) is 29.0 Å². The monoisotopic (exact) mass is 216 g/mol. The van der Waals surface area contributed by atoms with Crippen molar-refractivity contribution in [1.82, 2.24) is 15.2 Å². The van der Waals surface area contributed by atoms with E-state index >= 15 is 0 Å². The standard InChI is InChI=1S/C12H16N4/c1-7(2)11-14-12(16-15-11)9-6-4-5-8(3)10(9)13/h4-7H,13H2,1-3H3,(H,14,15,16). The molecule has 0 atom stereocenters. The van der Waals surface area contributed by atoms with Crippen molar-refractivity contribution in [3.05, 3.63) is 29.6 Å². The van der Waals surface area contributed by atoms with Gasteiger partial charge in [-0.3, -0.25) is 5.10 Å². The highest BCUT2D eigenvalue weighted by Crippen LogP contribution is 2.26. The summed E-state index contributed by atoms with van der Waals surface area (Å²) in [5.41, 5.74) is 8.69. The fourth-order valence-electron chi connectivity index (χ4n) is 1.53. The van der Waals surface area contributed by atoms with E-state index in [0.717, 1.165) is 22.6 Å². The molecule has 84 valence electrons. The van der Waals surface area contributed by atoms with Crippen LogP contribution in [0.2, 0.25) is 0 Å². The number of nitrogens with zero attached hydrogens (tertiary/aromatic N) is 2. The molecule has 3 N–H and O–H groups in total. The first-order chi connectivity index (χ1) is 7.59. The Morgan fingerprint density at radius 3 is 2.69 bits per heavy atom. The SMILES string of the molecule is Cc1cccc(-c2n[nH]c(C(C)C)n2)c1N. The summed E-state index contributed by atoms with van der Waals surface area (Å²) in [4.78, 5) is 4.44. The van der Waals surface area contributed by atoms with Gasteiger partial charge in [-0.15, -0.1) is 0 Å². The molecule has 4 heteroatoms. The van der Waals surface area contributed by atoms with Crippen LogP contribution in [0.4, 0.5) is 5.69 Å². The van der Waals surface area contributed by atoms with Crippen LogP contribution in [-0.2, 0) is 0 Å². The van der Waals surface area contributed by atoms with Gasteiger partial charge in [-0.25, -0.2) is 4.98 Å². The van der Waals surface area contributed by atoms with Crippen LogP contribution in [-0.4, -0.2) is 15.2 Å². The molecule has 0 aliphatic carbocycles. The van der Waals surface area contributed by atoms with Crippen LogP contribution in [0.5, 0.6) is 0 Å². The lowest BCUT2D eigenvalue weighted by Crippen LogP contribution is -1.94. The maximum Gasteiger partial charge on any atom is 0.183 e. The Morgan fingerprint density at radius 2 is 2.06 bits per heavy atom. The van der Waals surface area contributed by atoms with E-state index in [1.54, 1.807) is 0 Å². The lowest BCUT2D eigenvalue weighted by molar-refractivity contribution is 0.781. The number of nitrogens with one attached hydrogen (secondary N) is 1. The third-order valence-corrected chi connectivity index (χ3v) is 2.61. The number of H-pyrrole nitrogens is 1. The van der Waals surface area contributed by atoms with Gasteiger partial charge in [-0.05, 0) is 18.6 Å². The molecule has 0 unspecified atom stereocenters. The zero-order valence-corrected chi connectivity index (χ0v) is 9.78. The number of rotatable bonds is 2. The van der Waals surface area contributed by atoms with Gasteiger partial charge in [0.25, 0.3) is 0 Å². The van der Waals surface area contributed by atoms with Gasteiger partial charge in [-0.2, -0.15) is 5.10 Å². The fraction of sp³-hybridized carbons (Fsp3) is 0.333. The molecule has 0 radical (unpaired) electrons. The van der Waals surface area contributed by atoms with Gasteiger partial charge in [0.2, 0.25) is 0 Å². The smallest absolute Gasteiger partial charge is 0.183 e. The predicted octanol–water partition coefficient (Wildman–Crippen LogP) is 2.49. The fourth-order valence-corrected chi connectivity index (χ4v) is 1.53. The van der Waals surface area contributed by atoms with Gasteiger partial charge >= 0.3 is 0 Å². The van der Waals surface area contributed by atoms with E-state index in [4.69, 9.17) is 5.73 Å². The van der Waals surface area contributed by atoms with Crippen molar-refractivity contribution in [1.29, 1.82) is 0 Å². The van der Waals surface area contributed by atoms with Crippen LogP contribution >= 0.6 is 0 Å². The van der Waals surface area contributed by atoms with Crippen molar-refractivity contribution in [2.45, 2.75) is 26.7 Å². The Bertz CT molecular complexity index is 499. The van der Waals surface area contributed by atoms with E-state index < -0.39 is 0 Å². The summed E-state index contributed by atoms with van der Waals surface area (Å²) < 4.78 is 0. The first-order valence-corrected chi connectivity index (χ1v) is 5.37. The zero-order valence-electron chi connectivity index (χ0n) is 9.78. The van der Waals surface area contributed by atoms with Gasteiger partial charge in [-0.1, -0.05) is 26.0 Å². The molecule has 1 aromatic heterocycles. The van der Waals surface area contributed by atoms with E-state index in [1.165, 1.54) is 0 Å². The number of para-hydroxylation sites is 1. The van der Waals surface area contributed by atoms with Crippen molar-refractivity contribution in [3.63, 3.8) is 0 Å². The molecule has 2 rings (SSSR count). The molecule has 0 amide bonds. The summed E-state index contributed by atoms with van der Waals surface area (Å²) >= 11 is 0. The van der Waals surface area contributed by atoms with Crippen molar-refractivity contribution >= 4 is 5.69 Å². The molecular weight excluding hydrogens is 200 g/mol. The topological polar surface area (TPSA) is 67.6 Å². The number of nitrogen functional groups attached to an aromatic ring is 1. The number of benzene rings is 1. The first kappa shape index (κ1) is 10.7. The molecule has 0 saturated carbocycles. The third-order valence-electron chi connectivity index (χ3n) is 2.61. The van der Waals surface area contributed by atoms with Crippen LogP contribution in [0.25, 0.3) is 11.4 Å². The Balaban J connectivity index is 2.47. The van der Waals surface area contributed by atoms with Crippen molar-refractivity contribution in [3.8, 4) is 11.4 Å². The summed E-state index contributed by atoms with van der Waals surface area (Å²) in [6, 6.07) is 5.89. The van der Waals surface area contributed by atoms with Crippen LogP contribution in [0.3, 0.4) is 0 Å². The van der Waals surface area contributed by atoms with Gasteiger partial charge in [0.15, 0.2) is 5.82 Å². The molecule has 16 heavy (non-hydrogen) atoms. The second kappa shape index (κ2) is 3.96. The summed E-state index contributed by atoms with van der Waals surface area (Å²) in [7, 11) is 0. The second-order valence-corrected chi connectivity index (χ2v) is 4.24. The minimum atomic E-state index is 0.340. The largest absolute Gasteiger partial charge is 0.398 e. The molecule has 0 fully saturated rings. The molecular formula is C12H16N4. The maximum atomic E-state index is 6.01. The molecule has 0 aliphatic heterocycles. The van der Waals surface area contributed by atoms with Gasteiger partial charge < -0.3 is 5.73 Å². The van der Waals surface area contributed by atoms with E-state index in [-0.39, 0.29) is 0 Å². The van der Waals surface area contributed by atoms with E-state index in [1.807, 2.05) is 25.1 Å². The highest BCUT2D eigenvalue weighted by atomic mass is 15.2. The minimum absolute atomic E-state index is 0.340. The highest BCUT2D eigenvalue weighted by Gasteiger charge is 2.11. The number of aromatic amines is 1. The Kier molecular flexibility index (Phi) is 2.64. The lowest BCUT2D eigenvalue weighted by atomic mass is 10.1. The number of nitrogens with two attached hydrogens (primary N) is 1. The molecule has 0 bridgehead atoms. The van der Waals surface area contributed by atoms with E-state index in [0.29, 0.717) is 11.7 Å². The second-order valence-electron chi connectivity index (χ2n) is 4.24. The van der Waals surface area contributed by atoms with Crippen molar-refractivity contribution < 1.29 is 0 Å². The highest BCUT2D eigenvalue weighted by molar-refractivity contribution is 5.73. The summed E-state index contributed by atoms with van der Waals surface area (Å²) in [6.07, 6.45) is 0. The first-order valence-electron chi connectivity index (χ1n) is 5.37. The maximum absolute atomic E-state index is 6.01. The van der Waals surface area contributed by atoms with Crippen LogP contribution in [0, 0.1) is 6.92 Å². The average Bonchev–Trinajstić information content (AvgIpc) is 2.71. The summed E-state index contributed by atoms with van der Waals surface area (Å²) in [5.74, 6) is 1.90. The molecule has 0 aliphatic rings. The zero-order chi connectivity index (χ0) is 11.7. The summed E-state index contributed by atoms with van der Waals surface area (Å²) in [5, 5.41) is 7.13. The van der Waals surface area contributed by atoms with Gasteiger partial charge in [0, 0.05) is 17.2 Å². The third kappa shape index (κ3) is 1.78. The van der Waals surface area contributed by atoms with Crippen LogP contribution in [0.1, 0.15) is 31.2 Å². The molecule has 4 nitrogen and oxygen atoms in total. The quantitative estimate of drug-likeness (QED) is 0.758. The number of aromatic nitrogens is 3. The van der Waals surface area contributed by atoms with E-state index in [9.17, 15) is 0 Å². The number of anilines is 1. The molecule has 1 aromatic carbocycles. The predicted molar refractivity (Wildman–Crippen MR) is 65.1 cm³/mol. The van der Waals surface area contributed by atoms with Crippen molar-refractivity contribution in [2.75, 3.05) is 5.73 Å². The lowest BCUT2D eigenvalue weighted by Gasteiger charge is -2.04. The number of aryl methyl sites for hydroxylation is 1. The van der Waals surface area contributed by atoms with Crippen molar-refractivity contribution in [2.24, 2.45) is 0 Å². The average molecular weight is 216 g/mol. The molecule has 0 spiro atoms.